The molecule has 0 saturated carbocycles. The number of para-hydroxylation sites is 1. The summed E-state index contributed by atoms with van der Waals surface area (Å²) < 4.78 is 15.2. The third-order valence-corrected chi connectivity index (χ3v) is 4.99. The second kappa shape index (κ2) is 9.06. The Morgan fingerprint density at radius 3 is 2.52 bits per heavy atom. The number of halogens is 1. The lowest BCUT2D eigenvalue weighted by Crippen LogP contribution is -2.24. The van der Waals surface area contributed by atoms with Gasteiger partial charge in [-0.25, -0.2) is 9.82 Å². The predicted molar refractivity (Wildman–Crippen MR) is 118 cm³/mol. The van der Waals surface area contributed by atoms with Crippen molar-refractivity contribution in [1.82, 2.24) is 9.99 Å². The Hall–Kier alpha value is -4.24. The first-order valence-electron chi connectivity index (χ1n) is 9.75. The monoisotopic (exact) mass is 410 g/mol. The summed E-state index contributed by atoms with van der Waals surface area (Å²) in [6.45, 7) is 0.575. The fourth-order valence-electron chi connectivity index (χ4n) is 3.46. The van der Waals surface area contributed by atoms with Gasteiger partial charge < -0.3 is 4.57 Å². The number of carbonyl (C=O) groups excluding carboxylic acids is 1. The molecule has 31 heavy (non-hydrogen) atoms. The van der Waals surface area contributed by atoms with Gasteiger partial charge in [0.15, 0.2) is 5.92 Å². The van der Waals surface area contributed by atoms with Crippen LogP contribution in [0.2, 0.25) is 0 Å². The average Bonchev–Trinajstić information content (AvgIpc) is 3.14. The number of carbonyl (C=O) groups is 1. The van der Waals surface area contributed by atoms with Crippen molar-refractivity contribution < 1.29 is 9.18 Å². The number of rotatable bonds is 6. The molecule has 1 atom stereocenters. The number of hydrazone groups is 1. The summed E-state index contributed by atoms with van der Waals surface area (Å²) in [5.74, 6) is -1.69. The minimum Gasteiger partial charge on any atom is -0.342 e. The Kier molecular flexibility index (Phi) is 5.86. The molecule has 1 N–H and O–H groups in total. The molecule has 5 nitrogen and oxygen atoms in total. The van der Waals surface area contributed by atoms with E-state index in [2.05, 4.69) is 10.5 Å². The predicted octanol–water partition coefficient (Wildman–Crippen LogP) is 4.59. The molecular formula is C25H19FN4O. The number of nitrogens with one attached hydrogen (secondary N) is 1. The van der Waals surface area contributed by atoms with E-state index in [1.165, 1.54) is 12.1 Å². The average molecular weight is 410 g/mol. The van der Waals surface area contributed by atoms with E-state index in [1.807, 2.05) is 47.2 Å². The number of benzene rings is 3. The van der Waals surface area contributed by atoms with Crippen LogP contribution in [-0.4, -0.2) is 16.7 Å². The smallest absolute Gasteiger partial charge is 0.261 e. The van der Waals surface area contributed by atoms with Gasteiger partial charge in [0.2, 0.25) is 0 Å². The first kappa shape index (κ1) is 20.0. The summed E-state index contributed by atoms with van der Waals surface area (Å²) in [5, 5.41) is 14.4. The van der Waals surface area contributed by atoms with Gasteiger partial charge in [0.05, 0.1) is 12.3 Å². The summed E-state index contributed by atoms with van der Waals surface area (Å²) in [6.07, 6.45) is 3.50. The van der Waals surface area contributed by atoms with Crippen LogP contribution < -0.4 is 5.43 Å². The van der Waals surface area contributed by atoms with Crippen LogP contribution in [0.5, 0.6) is 0 Å². The highest BCUT2D eigenvalue weighted by Crippen LogP contribution is 2.21. The standard InChI is InChI=1S/C25H19FN4O/c26-21-12-10-18(11-13-21)16-30-17-20(22-8-4-5-9-24(22)30)15-28-29-25(31)23(14-27)19-6-2-1-3-7-19/h1-13,15,17,23H,16H2,(H,29,31)/b28-15-/t23-/m0/s1. The van der Waals surface area contributed by atoms with Gasteiger partial charge >= 0.3 is 0 Å². The highest BCUT2D eigenvalue weighted by atomic mass is 19.1. The number of hydrogen-bond acceptors (Lipinski definition) is 3. The summed E-state index contributed by atoms with van der Waals surface area (Å²) in [7, 11) is 0. The molecule has 0 spiro atoms. The van der Waals surface area contributed by atoms with Gasteiger partial charge in [-0.2, -0.15) is 10.4 Å². The number of hydrogen-bond donors (Lipinski definition) is 1. The zero-order chi connectivity index (χ0) is 21.6. The van der Waals surface area contributed by atoms with E-state index in [0.29, 0.717) is 12.1 Å². The van der Waals surface area contributed by atoms with E-state index in [0.717, 1.165) is 22.0 Å². The molecule has 0 aliphatic rings. The third-order valence-electron chi connectivity index (χ3n) is 4.99. The molecule has 3 aromatic carbocycles. The van der Waals surface area contributed by atoms with E-state index in [4.69, 9.17) is 0 Å². The molecule has 6 heteroatoms. The summed E-state index contributed by atoms with van der Waals surface area (Å²) in [4.78, 5) is 12.4. The molecule has 4 aromatic rings. The van der Waals surface area contributed by atoms with Crippen molar-refractivity contribution in [1.29, 1.82) is 5.26 Å². The van der Waals surface area contributed by atoms with Gasteiger partial charge in [-0.05, 0) is 29.3 Å². The summed E-state index contributed by atoms with van der Waals surface area (Å²) in [5.41, 5.74) is 5.88. The zero-order valence-corrected chi connectivity index (χ0v) is 16.6. The maximum absolute atomic E-state index is 13.2. The highest BCUT2D eigenvalue weighted by molar-refractivity contribution is 6.00. The molecular weight excluding hydrogens is 391 g/mol. The van der Waals surface area contributed by atoms with Gasteiger partial charge in [0, 0.05) is 29.2 Å². The van der Waals surface area contributed by atoms with Crippen molar-refractivity contribution in [2.45, 2.75) is 12.5 Å². The van der Waals surface area contributed by atoms with Crippen molar-refractivity contribution in [3.63, 3.8) is 0 Å². The molecule has 4 rings (SSSR count). The Bertz CT molecular complexity index is 1270. The number of nitriles is 1. The van der Waals surface area contributed by atoms with Crippen LogP contribution in [0.3, 0.4) is 0 Å². The van der Waals surface area contributed by atoms with Crippen LogP contribution >= 0.6 is 0 Å². The van der Waals surface area contributed by atoms with Crippen molar-refractivity contribution in [3.8, 4) is 6.07 Å². The zero-order valence-electron chi connectivity index (χ0n) is 16.6. The lowest BCUT2D eigenvalue weighted by atomic mass is 10.0. The second-order valence-electron chi connectivity index (χ2n) is 7.06. The molecule has 0 unspecified atom stereocenters. The van der Waals surface area contributed by atoms with Crippen LogP contribution in [0.1, 0.15) is 22.6 Å². The Morgan fingerprint density at radius 1 is 1.06 bits per heavy atom. The number of amides is 1. The molecule has 0 aliphatic heterocycles. The lowest BCUT2D eigenvalue weighted by molar-refractivity contribution is -0.121. The van der Waals surface area contributed by atoms with Crippen molar-refractivity contribution >= 4 is 23.0 Å². The molecule has 1 amide bonds. The van der Waals surface area contributed by atoms with Crippen LogP contribution in [0, 0.1) is 17.1 Å². The topological polar surface area (TPSA) is 70.2 Å². The molecule has 0 saturated heterocycles. The number of aromatic nitrogens is 1. The number of fused-ring (bicyclic) bond motifs is 1. The normalized spacial score (nSPS) is 12.0. The van der Waals surface area contributed by atoms with Crippen molar-refractivity contribution in [2.75, 3.05) is 0 Å². The van der Waals surface area contributed by atoms with E-state index in [9.17, 15) is 14.4 Å². The fraction of sp³-hybridized carbons (Fsp3) is 0.0800. The SMILES string of the molecule is N#C[C@H](C(=O)N/N=C\c1cn(Cc2ccc(F)cc2)c2ccccc12)c1ccccc1. The van der Waals surface area contributed by atoms with Crippen LogP contribution in [0.15, 0.2) is 90.2 Å². The first-order valence-corrected chi connectivity index (χ1v) is 9.75. The third kappa shape index (κ3) is 4.51. The van der Waals surface area contributed by atoms with Crippen LogP contribution in [0.4, 0.5) is 4.39 Å². The second-order valence-corrected chi connectivity index (χ2v) is 7.06. The van der Waals surface area contributed by atoms with Crippen LogP contribution in [0.25, 0.3) is 10.9 Å². The first-order chi connectivity index (χ1) is 15.2. The maximum atomic E-state index is 13.2. The summed E-state index contributed by atoms with van der Waals surface area (Å²) >= 11 is 0. The molecule has 0 radical (unpaired) electrons. The molecule has 0 aliphatic carbocycles. The lowest BCUT2D eigenvalue weighted by Gasteiger charge is -2.06. The van der Waals surface area contributed by atoms with Gasteiger partial charge in [0.25, 0.3) is 5.91 Å². The largest absolute Gasteiger partial charge is 0.342 e. The van der Waals surface area contributed by atoms with E-state index < -0.39 is 11.8 Å². The van der Waals surface area contributed by atoms with Gasteiger partial charge in [-0.15, -0.1) is 0 Å². The highest BCUT2D eigenvalue weighted by Gasteiger charge is 2.19. The molecule has 1 aromatic heterocycles. The van der Waals surface area contributed by atoms with Gasteiger partial charge in [-0.3, -0.25) is 4.79 Å². The minimum absolute atomic E-state index is 0.268. The van der Waals surface area contributed by atoms with E-state index in [1.54, 1.807) is 42.6 Å². The van der Waals surface area contributed by atoms with E-state index in [-0.39, 0.29) is 5.82 Å². The molecule has 0 bridgehead atoms. The van der Waals surface area contributed by atoms with Gasteiger partial charge in [-0.1, -0.05) is 60.7 Å². The quantitative estimate of drug-likeness (QED) is 0.373. The van der Waals surface area contributed by atoms with E-state index >= 15 is 0 Å². The maximum Gasteiger partial charge on any atom is 0.261 e. The Morgan fingerprint density at radius 2 is 1.77 bits per heavy atom. The molecule has 0 fully saturated rings. The summed E-state index contributed by atoms with van der Waals surface area (Å²) in [6, 6.07) is 25.1. The minimum atomic E-state index is -0.932. The van der Waals surface area contributed by atoms with Crippen molar-refractivity contribution in [2.24, 2.45) is 5.10 Å². The van der Waals surface area contributed by atoms with Gasteiger partial charge in [0.1, 0.15) is 5.82 Å². The van der Waals surface area contributed by atoms with Crippen molar-refractivity contribution in [3.05, 3.63) is 108 Å². The fourth-order valence-corrected chi connectivity index (χ4v) is 3.46. The molecule has 152 valence electrons. The Labute approximate surface area is 179 Å². The molecule has 1 heterocycles. The number of nitrogens with zero attached hydrogens (tertiary/aromatic N) is 3. The Balaban J connectivity index is 1.54. The van der Waals surface area contributed by atoms with Crippen LogP contribution in [-0.2, 0) is 11.3 Å².